The lowest BCUT2D eigenvalue weighted by atomic mass is 10.1. The number of rotatable bonds is 2. The van der Waals surface area contributed by atoms with E-state index in [0.29, 0.717) is 17.1 Å². The minimum atomic E-state index is -0.870. The number of nitrogen functional groups attached to an aromatic ring is 2. The van der Waals surface area contributed by atoms with Crippen LogP contribution in [0.15, 0.2) is 12.1 Å². The van der Waals surface area contributed by atoms with E-state index in [1.54, 1.807) is 12.1 Å². The maximum absolute atomic E-state index is 8.98. The van der Waals surface area contributed by atoms with Crippen molar-refractivity contribution in [3.8, 4) is 5.75 Å². The molecule has 4 heteroatoms. The molecular formula is C9H14N2O2. The Kier molecular flexibility index (Phi) is 2.63. The summed E-state index contributed by atoms with van der Waals surface area (Å²) in [7, 11) is 0. The predicted molar refractivity (Wildman–Crippen MR) is 52.3 cm³/mol. The summed E-state index contributed by atoms with van der Waals surface area (Å²) in [6.07, 6.45) is -0.870. The van der Waals surface area contributed by atoms with Crippen LogP contribution in [0.3, 0.4) is 0 Å². The van der Waals surface area contributed by atoms with Crippen LogP contribution in [0.1, 0.15) is 12.5 Å². The Balaban J connectivity index is 3.01. The zero-order valence-corrected chi connectivity index (χ0v) is 7.74. The molecule has 72 valence electrons. The minimum Gasteiger partial charge on any atom is -0.463 e. The molecular weight excluding hydrogens is 168 g/mol. The van der Waals surface area contributed by atoms with Gasteiger partial charge in [0.05, 0.1) is 5.69 Å². The number of hydrogen-bond acceptors (Lipinski definition) is 4. The first kappa shape index (κ1) is 9.67. The molecule has 0 saturated carbocycles. The Hall–Kier alpha value is -1.42. The fourth-order valence-electron chi connectivity index (χ4n) is 1.00. The fourth-order valence-corrected chi connectivity index (χ4v) is 1.00. The molecule has 1 aromatic carbocycles. The molecule has 0 aliphatic carbocycles. The highest BCUT2D eigenvalue weighted by Crippen LogP contribution is 2.27. The number of nitrogens with two attached hydrogens (primary N) is 2. The Bertz CT molecular complexity index is 311. The summed E-state index contributed by atoms with van der Waals surface area (Å²) in [6.45, 7) is 3.37. The lowest BCUT2D eigenvalue weighted by Crippen LogP contribution is -2.11. The number of hydrogen-bond donors (Lipinski definition) is 3. The second-order valence-corrected chi connectivity index (χ2v) is 2.96. The molecule has 0 radical (unpaired) electrons. The summed E-state index contributed by atoms with van der Waals surface area (Å²) >= 11 is 0. The van der Waals surface area contributed by atoms with Gasteiger partial charge in [0.15, 0.2) is 6.29 Å². The maximum Gasteiger partial charge on any atom is 0.194 e. The summed E-state index contributed by atoms with van der Waals surface area (Å²) in [6, 6.07) is 3.32. The third-order valence-electron chi connectivity index (χ3n) is 1.70. The molecule has 0 unspecified atom stereocenters. The second kappa shape index (κ2) is 3.53. The van der Waals surface area contributed by atoms with Crippen molar-refractivity contribution >= 4 is 11.4 Å². The Morgan fingerprint density at radius 2 is 1.92 bits per heavy atom. The lowest BCUT2D eigenvalue weighted by molar-refractivity contribution is 0.000254. The van der Waals surface area contributed by atoms with E-state index in [1.807, 2.05) is 6.92 Å². The van der Waals surface area contributed by atoms with E-state index in [0.717, 1.165) is 5.56 Å². The number of aliphatic hydroxyl groups is 1. The predicted octanol–water partition coefficient (Wildman–Crippen LogP) is 0.877. The van der Waals surface area contributed by atoms with Crippen molar-refractivity contribution in [3.63, 3.8) is 0 Å². The van der Waals surface area contributed by atoms with E-state index >= 15 is 0 Å². The van der Waals surface area contributed by atoms with Gasteiger partial charge in [0.25, 0.3) is 0 Å². The molecule has 0 bridgehead atoms. The summed E-state index contributed by atoms with van der Waals surface area (Å²) in [5, 5.41) is 8.98. The maximum atomic E-state index is 8.98. The third-order valence-corrected chi connectivity index (χ3v) is 1.70. The van der Waals surface area contributed by atoms with Crippen LogP contribution in [0.4, 0.5) is 11.4 Å². The summed E-state index contributed by atoms with van der Waals surface area (Å²) in [5.74, 6) is 0.460. The van der Waals surface area contributed by atoms with Crippen molar-refractivity contribution in [3.05, 3.63) is 17.7 Å². The molecule has 4 nitrogen and oxygen atoms in total. The Morgan fingerprint density at radius 3 is 2.46 bits per heavy atom. The highest BCUT2D eigenvalue weighted by Gasteiger charge is 2.05. The van der Waals surface area contributed by atoms with Crippen molar-refractivity contribution in [1.82, 2.24) is 0 Å². The van der Waals surface area contributed by atoms with Gasteiger partial charge in [-0.05, 0) is 31.5 Å². The normalized spacial score (nSPS) is 12.5. The highest BCUT2D eigenvalue weighted by atomic mass is 16.6. The standard InChI is InChI=1S/C9H14N2O2/c1-5-3-9(13-6(2)12)8(11)4-7(5)10/h3-4,6,12H,10-11H2,1-2H3/t6-/m0/s1. The molecule has 13 heavy (non-hydrogen) atoms. The first-order valence-corrected chi connectivity index (χ1v) is 4.01. The highest BCUT2D eigenvalue weighted by molar-refractivity contribution is 5.64. The molecule has 1 aromatic rings. The Labute approximate surface area is 77.1 Å². The van der Waals surface area contributed by atoms with Crippen LogP contribution < -0.4 is 16.2 Å². The molecule has 1 rings (SSSR count). The van der Waals surface area contributed by atoms with E-state index in [4.69, 9.17) is 21.3 Å². The zero-order valence-electron chi connectivity index (χ0n) is 7.74. The van der Waals surface area contributed by atoms with Gasteiger partial charge >= 0.3 is 0 Å². The van der Waals surface area contributed by atoms with Crippen molar-refractivity contribution in [2.75, 3.05) is 11.5 Å². The largest absolute Gasteiger partial charge is 0.463 e. The molecule has 0 saturated heterocycles. The SMILES string of the molecule is Cc1cc(O[C@@H](C)O)c(N)cc1N. The smallest absolute Gasteiger partial charge is 0.194 e. The van der Waals surface area contributed by atoms with Gasteiger partial charge < -0.3 is 21.3 Å². The summed E-state index contributed by atoms with van der Waals surface area (Å²) in [5.41, 5.74) is 13.2. The molecule has 0 amide bonds. The van der Waals surface area contributed by atoms with Crippen LogP contribution in [-0.2, 0) is 0 Å². The lowest BCUT2D eigenvalue weighted by Gasteiger charge is -2.12. The van der Waals surface area contributed by atoms with E-state index in [2.05, 4.69) is 0 Å². The second-order valence-electron chi connectivity index (χ2n) is 2.96. The molecule has 1 atom stereocenters. The van der Waals surface area contributed by atoms with Crippen LogP contribution in [0.25, 0.3) is 0 Å². The van der Waals surface area contributed by atoms with Gasteiger partial charge in [0.2, 0.25) is 0 Å². The minimum absolute atomic E-state index is 0.434. The number of anilines is 2. The first-order chi connectivity index (χ1) is 6.00. The molecule has 0 heterocycles. The van der Waals surface area contributed by atoms with Crippen LogP contribution >= 0.6 is 0 Å². The topological polar surface area (TPSA) is 81.5 Å². The van der Waals surface area contributed by atoms with Gasteiger partial charge in [-0.15, -0.1) is 0 Å². The van der Waals surface area contributed by atoms with Gasteiger partial charge in [-0.25, -0.2) is 0 Å². The van der Waals surface area contributed by atoms with Crippen molar-refractivity contribution in [2.45, 2.75) is 20.1 Å². The third kappa shape index (κ3) is 2.26. The molecule has 0 spiro atoms. The Morgan fingerprint density at radius 1 is 1.31 bits per heavy atom. The molecule has 0 aliphatic rings. The van der Waals surface area contributed by atoms with Gasteiger partial charge in [-0.3, -0.25) is 0 Å². The van der Waals surface area contributed by atoms with Crippen LogP contribution in [0, 0.1) is 6.92 Å². The monoisotopic (exact) mass is 182 g/mol. The summed E-state index contributed by atoms with van der Waals surface area (Å²) < 4.78 is 5.06. The van der Waals surface area contributed by atoms with E-state index in [-0.39, 0.29) is 0 Å². The average Bonchev–Trinajstić information content (AvgIpc) is 1.99. The van der Waals surface area contributed by atoms with Crippen molar-refractivity contribution in [1.29, 1.82) is 0 Å². The van der Waals surface area contributed by atoms with E-state index in [9.17, 15) is 0 Å². The van der Waals surface area contributed by atoms with Gasteiger partial charge in [0, 0.05) is 5.69 Å². The number of aryl methyl sites for hydroxylation is 1. The molecule has 0 fully saturated rings. The van der Waals surface area contributed by atoms with E-state index < -0.39 is 6.29 Å². The number of ether oxygens (including phenoxy) is 1. The van der Waals surface area contributed by atoms with Gasteiger partial charge in [0.1, 0.15) is 5.75 Å². The quantitative estimate of drug-likeness (QED) is 0.468. The number of aliphatic hydroxyl groups excluding tert-OH is 1. The first-order valence-electron chi connectivity index (χ1n) is 4.01. The van der Waals surface area contributed by atoms with E-state index in [1.165, 1.54) is 6.92 Å². The van der Waals surface area contributed by atoms with Gasteiger partial charge in [-0.1, -0.05) is 0 Å². The van der Waals surface area contributed by atoms with Crippen LogP contribution in [0.2, 0.25) is 0 Å². The molecule has 0 aromatic heterocycles. The number of benzene rings is 1. The molecule has 5 N–H and O–H groups in total. The zero-order chi connectivity index (χ0) is 10.0. The summed E-state index contributed by atoms with van der Waals surface area (Å²) in [4.78, 5) is 0. The molecule has 0 aliphatic heterocycles. The average molecular weight is 182 g/mol. The van der Waals surface area contributed by atoms with Gasteiger partial charge in [-0.2, -0.15) is 0 Å². The van der Waals surface area contributed by atoms with Crippen LogP contribution in [-0.4, -0.2) is 11.4 Å². The van der Waals surface area contributed by atoms with Crippen molar-refractivity contribution in [2.24, 2.45) is 0 Å². The van der Waals surface area contributed by atoms with Crippen molar-refractivity contribution < 1.29 is 9.84 Å². The van der Waals surface area contributed by atoms with Crippen LogP contribution in [0.5, 0.6) is 5.75 Å². The fraction of sp³-hybridized carbons (Fsp3) is 0.333.